The van der Waals surface area contributed by atoms with Crippen LogP contribution in [-0.4, -0.2) is 5.11 Å². The molecule has 0 unspecified atom stereocenters. The Bertz CT molecular complexity index is 343. The number of fused-ring (bicyclic) bond motifs is 1. The van der Waals surface area contributed by atoms with Gasteiger partial charge in [0.15, 0.2) is 0 Å². The zero-order valence-electron chi connectivity index (χ0n) is 10.2. The summed E-state index contributed by atoms with van der Waals surface area (Å²) in [4.78, 5) is 0. The summed E-state index contributed by atoms with van der Waals surface area (Å²) < 4.78 is 0. The first-order chi connectivity index (χ1) is 7.81. The van der Waals surface area contributed by atoms with E-state index in [4.69, 9.17) is 0 Å². The average Bonchev–Trinajstić information content (AvgIpc) is 2.49. The molecule has 1 aliphatic carbocycles. The second-order valence-electron chi connectivity index (χ2n) is 4.90. The van der Waals surface area contributed by atoms with Crippen molar-refractivity contribution in [3.8, 4) is 0 Å². The Balaban J connectivity index is 2.21. The number of hydrogen-bond donors (Lipinski definition) is 1. The second-order valence-corrected chi connectivity index (χ2v) is 4.90. The first-order valence-electron chi connectivity index (χ1n) is 6.61. The number of aliphatic hydroxyl groups is 1. The smallest absolute Gasteiger partial charge is 0.0792 e. The minimum Gasteiger partial charge on any atom is -0.388 e. The molecule has 16 heavy (non-hydrogen) atoms. The van der Waals surface area contributed by atoms with Gasteiger partial charge < -0.3 is 5.11 Å². The third-order valence-electron chi connectivity index (χ3n) is 3.56. The molecular formula is C15H22O. The van der Waals surface area contributed by atoms with Crippen molar-refractivity contribution in [2.24, 2.45) is 0 Å². The van der Waals surface area contributed by atoms with Crippen LogP contribution in [-0.2, 0) is 12.8 Å². The van der Waals surface area contributed by atoms with Gasteiger partial charge in [0.1, 0.15) is 0 Å². The fourth-order valence-corrected chi connectivity index (χ4v) is 2.53. The predicted molar refractivity (Wildman–Crippen MR) is 67.6 cm³/mol. The highest BCUT2D eigenvalue weighted by Crippen LogP contribution is 2.29. The van der Waals surface area contributed by atoms with E-state index in [0.29, 0.717) is 0 Å². The van der Waals surface area contributed by atoms with Gasteiger partial charge in [-0.3, -0.25) is 0 Å². The fraction of sp³-hybridized carbons (Fsp3) is 0.600. The number of rotatable bonds is 3. The maximum atomic E-state index is 10.1. The molecule has 0 radical (unpaired) electrons. The molecule has 1 aromatic rings. The van der Waals surface area contributed by atoms with Gasteiger partial charge in [-0.2, -0.15) is 0 Å². The van der Waals surface area contributed by atoms with Crippen molar-refractivity contribution in [1.29, 1.82) is 0 Å². The first-order valence-corrected chi connectivity index (χ1v) is 6.61. The highest BCUT2D eigenvalue weighted by molar-refractivity contribution is 5.34. The molecular weight excluding hydrogens is 196 g/mol. The summed E-state index contributed by atoms with van der Waals surface area (Å²) in [5.41, 5.74) is 3.96. The van der Waals surface area contributed by atoms with Crippen LogP contribution in [0.4, 0.5) is 0 Å². The van der Waals surface area contributed by atoms with Crippen molar-refractivity contribution >= 4 is 0 Å². The van der Waals surface area contributed by atoms with Crippen molar-refractivity contribution in [2.75, 3.05) is 0 Å². The van der Waals surface area contributed by atoms with Gasteiger partial charge in [-0.15, -0.1) is 0 Å². The van der Waals surface area contributed by atoms with Crippen molar-refractivity contribution in [3.05, 3.63) is 34.9 Å². The lowest BCUT2D eigenvalue weighted by molar-refractivity contribution is 0.166. The van der Waals surface area contributed by atoms with Crippen LogP contribution in [0.15, 0.2) is 18.2 Å². The summed E-state index contributed by atoms with van der Waals surface area (Å²) in [7, 11) is 0. The average molecular weight is 218 g/mol. The normalized spacial score (nSPS) is 20.2. The largest absolute Gasteiger partial charge is 0.388 e. The molecule has 0 amide bonds. The molecule has 1 atom stereocenters. The van der Waals surface area contributed by atoms with E-state index in [2.05, 4.69) is 25.1 Å². The summed E-state index contributed by atoms with van der Waals surface area (Å²) in [6.07, 6.45) is 7.85. The van der Waals surface area contributed by atoms with Crippen LogP contribution >= 0.6 is 0 Å². The van der Waals surface area contributed by atoms with E-state index >= 15 is 0 Å². The Kier molecular flexibility index (Phi) is 4.00. The minimum atomic E-state index is -0.223. The predicted octanol–water partition coefficient (Wildman–Crippen LogP) is 3.79. The van der Waals surface area contributed by atoms with E-state index in [1.807, 2.05) is 0 Å². The van der Waals surface area contributed by atoms with E-state index in [0.717, 1.165) is 25.7 Å². The molecule has 2 rings (SSSR count). The zero-order valence-corrected chi connectivity index (χ0v) is 10.2. The van der Waals surface area contributed by atoms with E-state index in [-0.39, 0.29) is 6.10 Å². The second kappa shape index (κ2) is 5.49. The quantitative estimate of drug-likeness (QED) is 0.765. The van der Waals surface area contributed by atoms with Crippen LogP contribution in [0.25, 0.3) is 0 Å². The summed E-state index contributed by atoms with van der Waals surface area (Å²) in [6, 6.07) is 6.71. The van der Waals surface area contributed by atoms with Gasteiger partial charge in [-0.1, -0.05) is 38.0 Å². The summed E-state index contributed by atoms with van der Waals surface area (Å²) in [5, 5.41) is 10.1. The SMILES string of the molecule is CCCCc1ccc2c(c1)[C@@H](O)CCCC2. The maximum Gasteiger partial charge on any atom is 0.0792 e. The summed E-state index contributed by atoms with van der Waals surface area (Å²) >= 11 is 0. The molecule has 0 fully saturated rings. The standard InChI is InChI=1S/C15H22O/c1-2-3-6-12-9-10-13-7-4-5-8-15(16)14(13)11-12/h9-11,15-16H,2-8H2,1H3/t15-/m0/s1. The number of hydrogen-bond acceptors (Lipinski definition) is 1. The van der Waals surface area contributed by atoms with E-state index in [9.17, 15) is 5.11 Å². The van der Waals surface area contributed by atoms with Gasteiger partial charge >= 0.3 is 0 Å². The van der Waals surface area contributed by atoms with E-state index in [1.54, 1.807) is 0 Å². The van der Waals surface area contributed by atoms with Gasteiger partial charge in [0.2, 0.25) is 0 Å². The van der Waals surface area contributed by atoms with Crippen molar-refractivity contribution < 1.29 is 5.11 Å². The molecule has 0 aliphatic heterocycles. The molecule has 0 saturated carbocycles. The summed E-state index contributed by atoms with van der Waals surface area (Å²) in [6.45, 7) is 2.22. The first kappa shape index (κ1) is 11.7. The zero-order chi connectivity index (χ0) is 11.4. The van der Waals surface area contributed by atoms with Gasteiger partial charge in [-0.25, -0.2) is 0 Å². The number of aliphatic hydroxyl groups excluding tert-OH is 1. The van der Waals surface area contributed by atoms with Crippen LogP contribution in [0, 0.1) is 0 Å². The van der Waals surface area contributed by atoms with E-state index in [1.165, 1.54) is 36.0 Å². The molecule has 1 aliphatic rings. The lowest BCUT2D eigenvalue weighted by Gasteiger charge is -2.13. The number of benzene rings is 1. The fourth-order valence-electron chi connectivity index (χ4n) is 2.53. The highest BCUT2D eigenvalue weighted by atomic mass is 16.3. The number of aryl methyl sites for hydroxylation is 2. The number of unbranched alkanes of at least 4 members (excludes halogenated alkanes) is 1. The molecule has 0 bridgehead atoms. The Morgan fingerprint density at radius 2 is 2.19 bits per heavy atom. The molecule has 88 valence electrons. The van der Waals surface area contributed by atoms with Crippen LogP contribution in [0.3, 0.4) is 0 Å². The molecule has 1 N–H and O–H groups in total. The van der Waals surface area contributed by atoms with Gasteiger partial charge in [0.05, 0.1) is 6.10 Å². The van der Waals surface area contributed by atoms with Crippen molar-refractivity contribution in [1.82, 2.24) is 0 Å². The van der Waals surface area contributed by atoms with Gasteiger partial charge in [0, 0.05) is 0 Å². The van der Waals surface area contributed by atoms with Crippen LogP contribution in [0.1, 0.15) is 61.8 Å². The van der Waals surface area contributed by atoms with Crippen molar-refractivity contribution in [2.45, 2.75) is 58.0 Å². The Hall–Kier alpha value is -0.820. The monoisotopic (exact) mass is 218 g/mol. The lowest BCUT2D eigenvalue weighted by Crippen LogP contribution is -2.00. The van der Waals surface area contributed by atoms with Crippen LogP contribution < -0.4 is 0 Å². The molecule has 1 nitrogen and oxygen atoms in total. The lowest BCUT2D eigenvalue weighted by atomic mass is 9.96. The molecule has 0 saturated heterocycles. The Morgan fingerprint density at radius 1 is 1.31 bits per heavy atom. The van der Waals surface area contributed by atoms with E-state index < -0.39 is 0 Å². The minimum absolute atomic E-state index is 0.223. The molecule has 1 heteroatoms. The molecule has 0 heterocycles. The third-order valence-corrected chi connectivity index (χ3v) is 3.56. The summed E-state index contributed by atoms with van der Waals surface area (Å²) in [5.74, 6) is 0. The third kappa shape index (κ3) is 2.65. The molecule has 0 aromatic heterocycles. The van der Waals surface area contributed by atoms with Crippen LogP contribution in [0.2, 0.25) is 0 Å². The van der Waals surface area contributed by atoms with Crippen molar-refractivity contribution in [3.63, 3.8) is 0 Å². The topological polar surface area (TPSA) is 20.2 Å². The van der Waals surface area contributed by atoms with Crippen LogP contribution in [0.5, 0.6) is 0 Å². The van der Waals surface area contributed by atoms with Gasteiger partial charge in [0.25, 0.3) is 0 Å². The molecule has 0 spiro atoms. The highest BCUT2D eigenvalue weighted by Gasteiger charge is 2.16. The Labute approximate surface area is 98.5 Å². The Morgan fingerprint density at radius 3 is 3.00 bits per heavy atom. The van der Waals surface area contributed by atoms with Gasteiger partial charge in [-0.05, 0) is 48.8 Å². The maximum absolute atomic E-state index is 10.1. The molecule has 1 aromatic carbocycles.